The molecule has 1 aromatic rings. The summed E-state index contributed by atoms with van der Waals surface area (Å²) in [6.45, 7) is 2.98. The number of hydrogen-bond acceptors (Lipinski definition) is 3. The van der Waals surface area contributed by atoms with E-state index in [1.54, 1.807) is 25.1 Å². The smallest absolute Gasteiger partial charge is 0.242 e. The number of nitrogens with one attached hydrogen (secondary N) is 2. The van der Waals surface area contributed by atoms with Gasteiger partial charge in [-0.1, -0.05) is 0 Å². The van der Waals surface area contributed by atoms with Crippen molar-refractivity contribution in [1.29, 1.82) is 0 Å². The number of benzene rings is 1. The Morgan fingerprint density at radius 2 is 2.00 bits per heavy atom. The molecule has 18 heavy (non-hydrogen) atoms. The molecule has 0 saturated carbocycles. The molecule has 98 valence electrons. The molecule has 2 amide bonds. The van der Waals surface area contributed by atoms with Gasteiger partial charge in [-0.15, -0.1) is 11.6 Å². The van der Waals surface area contributed by atoms with Crippen LogP contribution in [0.1, 0.15) is 13.8 Å². The number of carbonyl (C=O) groups is 2. The molecule has 0 aliphatic heterocycles. The van der Waals surface area contributed by atoms with Crippen LogP contribution in [0.15, 0.2) is 18.2 Å². The van der Waals surface area contributed by atoms with Crippen LogP contribution >= 0.6 is 11.6 Å². The van der Waals surface area contributed by atoms with Crippen LogP contribution in [-0.2, 0) is 9.59 Å². The molecule has 0 radical (unpaired) electrons. The Balaban J connectivity index is 2.98. The average Bonchev–Trinajstić information content (AvgIpc) is 2.28. The lowest BCUT2D eigenvalue weighted by atomic mass is 10.2. The maximum Gasteiger partial charge on any atom is 0.242 e. The zero-order valence-corrected chi connectivity index (χ0v) is 11.2. The van der Waals surface area contributed by atoms with Gasteiger partial charge in [0.15, 0.2) is 0 Å². The van der Waals surface area contributed by atoms with E-state index in [0.717, 1.165) is 0 Å². The fourth-order valence-electron chi connectivity index (χ4n) is 1.32. The molecule has 0 saturated heterocycles. The van der Waals surface area contributed by atoms with Gasteiger partial charge in [0.25, 0.3) is 0 Å². The molecule has 1 rings (SSSR count). The summed E-state index contributed by atoms with van der Waals surface area (Å²) in [6, 6.07) is 4.94. The van der Waals surface area contributed by atoms with Crippen molar-refractivity contribution >= 4 is 34.8 Å². The molecular weight excluding hydrogens is 256 g/mol. The van der Waals surface area contributed by atoms with Crippen LogP contribution in [0.5, 0.6) is 5.75 Å². The molecule has 5 nitrogen and oxygen atoms in total. The highest BCUT2D eigenvalue weighted by molar-refractivity contribution is 6.32. The van der Waals surface area contributed by atoms with Crippen LogP contribution in [0.3, 0.4) is 0 Å². The van der Waals surface area contributed by atoms with Crippen LogP contribution in [0, 0.1) is 0 Å². The number of hydrogen-bond donors (Lipinski definition) is 2. The largest absolute Gasteiger partial charge is 0.495 e. The van der Waals surface area contributed by atoms with Gasteiger partial charge in [0, 0.05) is 12.6 Å². The monoisotopic (exact) mass is 270 g/mol. The highest BCUT2D eigenvalue weighted by Gasteiger charge is 2.13. The summed E-state index contributed by atoms with van der Waals surface area (Å²) >= 11 is 5.68. The van der Waals surface area contributed by atoms with Crippen molar-refractivity contribution in [3.63, 3.8) is 0 Å². The minimum absolute atomic E-state index is 0.192. The lowest BCUT2D eigenvalue weighted by Gasteiger charge is -2.13. The van der Waals surface area contributed by atoms with Gasteiger partial charge in [0.1, 0.15) is 11.1 Å². The topological polar surface area (TPSA) is 67.4 Å². The summed E-state index contributed by atoms with van der Waals surface area (Å²) in [4.78, 5) is 22.5. The van der Waals surface area contributed by atoms with Crippen molar-refractivity contribution in [1.82, 2.24) is 0 Å². The van der Waals surface area contributed by atoms with E-state index in [0.29, 0.717) is 17.1 Å². The van der Waals surface area contributed by atoms with Gasteiger partial charge in [0.05, 0.1) is 12.8 Å². The van der Waals surface area contributed by atoms with E-state index in [1.807, 2.05) is 0 Å². The molecule has 2 N–H and O–H groups in total. The number of halogens is 1. The van der Waals surface area contributed by atoms with Gasteiger partial charge in [-0.3, -0.25) is 9.59 Å². The van der Waals surface area contributed by atoms with Crippen LogP contribution in [0.2, 0.25) is 0 Å². The van der Waals surface area contributed by atoms with Crippen LogP contribution in [0.25, 0.3) is 0 Å². The Morgan fingerprint density at radius 1 is 1.33 bits per heavy atom. The van der Waals surface area contributed by atoms with Crippen LogP contribution in [-0.4, -0.2) is 24.3 Å². The minimum atomic E-state index is -0.654. The third-order valence-corrected chi connectivity index (χ3v) is 2.34. The first-order valence-electron chi connectivity index (χ1n) is 5.34. The van der Waals surface area contributed by atoms with Gasteiger partial charge in [-0.2, -0.15) is 0 Å². The molecule has 0 bridgehead atoms. The first-order chi connectivity index (χ1) is 8.43. The Bertz CT molecular complexity index is 461. The third kappa shape index (κ3) is 3.92. The summed E-state index contributed by atoms with van der Waals surface area (Å²) in [5, 5.41) is 4.59. The average molecular weight is 271 g/mol. The molecule has 0 heterocycles. The molecular formula is C12H15ClN2O3. The van der Waals surface area contributed by atoms with Crippen molar-refractivity contribution in [3.05, 3.63) is 18.2 Å². The summed E-state index contributed by atoms with van der Waals surface area (Å²) in [5.74, 6) is -0.0344. The van der Waals surface area contributed by atoms with Gasteiger partial charge in [0.2, 0.25) is 11.8 Å². The zero-order chi connectivity index (χ0) is 13.7. The lowest BCUT2D eigenvalue weighted by Crippen LogP contribution is -2.20. The molecule has 0 fully saturated rings. The maximum absolute atomic E-state index is 11.5. The Kier molecular flexibility index (Phi) is 4.97. The second-order valence-corrected chi connectivity index (χ2v) is 4.36. The number of ether oxygens (including phenoxy) is 1. The van der Waals surface area contributed by atoms with E-state index in [-0.39, 0.29) is 11.8 Å². The van der Waals surface area contributed by atoms with E-state index in [9.17, 15) is 9.59 Å². The van der Waals surface area contributed by atoms with Crippen molar-refractivity contribution in [3.8, 4) is 5.75 Å². The predicted molar refractivity (Wildman–Crippen MR) is 71.2 cm³/mol. The molecule has 0 aromatic heterocycles. The number of alkyl halides is 1. The van der Waals surface area contributed by atoms with Crippen LogP contribution < -0.4 is 15.4 Å². The highest BCUT2D eigenvalue weighted by atomic mass is 35.5. The SMILES string of the molecule is COc1ccc(NC(C)=O)cc1NC(=O)[C@H](C)Cl. The Hall–Kier alpha value is -1.75. The summed E-state index contributed by atoms with van der Waals surface area (Å²) in [6.07, 6.45) is 0. The quantitative estimate of drug-likeness (QED) is 0.825. The molecule has 0 aliphatic carbocycles. The van der Waals surface area contributed by atoms with Gasteiger partial charge in [-0.25, -0.2) is 0 Å². The van der Waals surface area contributed by atoms with Crippen molar-refractivity contribution in [2.75, 3.05) is 17.7 Å². The first kappa shape index (κ1) is 14.3. The Labute approximate surface area is 110 Å². The lowest BCUT2D eigenvalue weighted by molar-refractivity contribution is -0.116. The highest BCUT2D eigenvalue weighted by Crippen LogP contribution is 2.28. The zero-order valence-electron chi connectivity index (χ0n) is 10.4. The molecule has 0 unspecified atom stereocenters. The second-order valence-electron chi connectivity index (χ2n) is 3.70. The summed E-state index contributed by atoms with van der Waals surface area (Å²) in [5.41, 5.74) is 1.03. The number of rotatable bonds is 4. The molecule has 0 aliphatic rings. The van der Waals surface area contributed by atoms with E-state index in [2.05, 4.69) is 10.6 Å². The predicted octanol–water partition coefficient (Wildman–Crippen LogP) is 2.22. The maximum atomic E-state index is 11.5. The molecule has 0 spiro atoms. The summed E-state index contributed by atoms with van der Waals surface area (Å²) in [7, 11) is 1.49. The number of carbonyl (C=O) groups excluding carboxylic acids is 2. The van der Waals surface area contributed by atoms with Gasteiger partial charge < -0.3 is 15.4 Å². The van der Waals surface area contributed by atoms with Crippen molar-refractivity contribution in [2.24, 2.45) is 0 Å². The fraction of sp³-hybridized carbons (Fsp3) is 0.333. The van der Waals surface area contributed by atoms with Crippen molar-refractivity contribution < 1.29 is 14.3 Å². The van der Waals surface area contributed by atoms with E-state index in [4.69, 9.17) is 16.3 Å². The Morgan fingerprint density at radius 3 is 2.50 bits per heavy atom. The molecule has 1 atom stereocenters. The number of methoxy groups -OCH3 is 1. The molecule has 6 heteroatoms. The third-order valence-electron chi connectivity index (χ3n) is 2.14. The van der Waals surface area contributed by atoms with Crippen LogP contribution in [0.4, 0.5) is 11.4 Å². The standard InChI is InChI=1S/C12H15ClN2O3/c1-7(13)12(17)15-10-6-9(14-8(2)16)4-5-11(10)18-3/h4-7H,1-3H3,(H,14,16)(H,15,17)/t7-/m0/s1. The minimum Gasteiger partial charge on any atom is -0.495 e. The van der Waals surface area contributed by atoms with Crippen molar-refractivity contribution in [2.45, 2.75) is 19.2 Å². The molecule has 1 aromatic carbocycles. The summed E-state index contributed by atoms with van der Waals surface area (Å²) < 4.78 is 5.12. The first-order valence-corrected chi connectivity index (χ1v) is 5.78. The normalized spacial score (nSPS) is 11.6. The second kappa shape index (κ2) is 6.26. The number of amides is 2. The van der Waals surface area contributed by atoms with Gasteiger partial charge in [-0.05, 0) is 25.1 Å². The fourth-order valence-corrected chi connectivity index (χ4v) is 1.37. The van der Waals surface area contributed by atoms with Gasteiger partial charge >= 0.3 is 0 Å². The van der Waals surface area contributed by atoms with E-state index < -0.39 is 5.38 Å². The van der Waals surface area contributed by atoms with E-state index in [1.165, 1.54) is 14.0 Å². The van der Waals surface area contributed by atoms with E-state index >= 15 is 0 Å². The number of anilines is 2.